The molecule has 0 heterocycles. The molecule has 0 N–H and O–H groups in total. The molecule has 0 radical (unpaired) electrons. The van der Waals surface area contributed by atoms with Gasteiger partial charge >= 0.3 is 0 Å². The van der Waals surface area contributed by atoms with Crippen LogP contribution in [0.3, 0.4) is 0 Å². The van der Waals surface area contributed by atoms with Gasteiger partial charge in [0.25, 0.3) is 0 Å². The summed E-state index contributed by atoms with van der Waals surface area (Å²) in [4.78, 5) is -0.108. The fraction of sp³-hybridized carbons (Fsp3) is 0.333. The minimum absolute atomic E-state index is 0.108. The highest BCUT2D eigenvalue weighted by Gasteiger charge is 2.19. The molecule has 102 valence electrons. The van der Waals surface area contributed by atoms with Gasteiger partial charge in [-0.05, 0) is 48.1 Å². The van der Waals surface area contributed by atoms with Gasteiger partial charge < -0.3 is 4.55 Å². The van der Waals surface area contributed by atoms with E-state index in [0.717, 1.165) is 22.3 Å². The smallest absolute Gasteiger partial charge is 0.125 e. The van der Waals surface area contributed by atoms with E-state index >= 15 is 0 Å². The maximum atomic E-state index is 11.4. The lowest BCUT2D eigenvalue weighted by Gasteiger charge is -2.09. The molecule has 19 heavy (non-hydrogen) atoms. The molecular weight excluding hydrogens is 260 g/mol. The molecule has 2 aliphatic carbocycles. The molecule has 3 nitrogen and oxygen atoms in total. The van der Waals surface area contributed by atoms with Crippen LogP contribution in [0.4, 0.5) is 0 Å². The van der Waals surface area contributed by atoms with Crippen LogP contribution in [0, 0.1) is 13.8 Å². The first-order chi connectivity index (χ1) is 8.71. The van der Waals surface area contributed by atoms with Gasteiger partial charge in [0.2, 0.25) is 0 Å². The SMILES string of the molecule is Cc1cc(S(=O)(=O)[O-])c2c(C)ccc(C(C)C)cc1-2. The molecule has 0 aromatic carbocycles. The van der Waals surface area contributed by atoms with Gasteiger partial charge in [-0.1, -0.05) is 32.0 Å². The van der Waals surface area contributed by atoms with Crippen LogP contribution in [0.15, 0.2) is 29.2 Å². The number of hydrogen-bond donors (Lipinski definition) is 0. The van der Waals surface area contributed by atoms with Crippen molar-refractivity contribution in [3.05, 3.63) is 41.0 Å². The second-order valence-electron chi connectivity index (χ2n) is 5.25. The van der Waals surface area contributed by atoms with Crippen LogP contribution < -0.4 is 0 Å². The molecule has 0 saturated carbocycles. The molecular formula is C15H17O3S-. The van der Waals surface area contributed by atoms with Gasteiger partial charge in [-0.3, -0.25) is 0 Å². The van der Waals surface area contributed by atoms with Crippen LogP contribution >= 0.6 is 0 Å². The van der Waals surface area contributed by atoms with Gasteiger partial charge in [0.1, 0.15) is 10.1 Å². The predicted octanol–water partition coefficient (Wildman–Crippen LogP) is 3.44. The number of rotatable bonds is 2. The summed E-state index contributed by atoms with van der Waals surface area (Å²) in [6.45, 7) is 7.83. The van der Waals surface area contributed by atoms with Crippen molar-refractivity contribution < 1.29 is 13.0 Å². The Kier molecular flexibility index (Phi) is 3.41. The third kappa shape index (κ3) is 2.51. The lowest BCUT2D eigenvalue weighted by Crippen LogP contribution is -1.98. The van der Waals surface area contributed by atoms with Crippen molar-refractivity contribution in [3.8, 4) is 11.1 Å². The first kappa shape index (κ1) is 14.0. The van der Waals surface area contributed by atoms with Crippen molar-refractivity contribution in [1.82, 2.24) is 0 Å². The molecule has 0 saturated heterocycles. The molecule has 0 unspecified atom stereocenters. The van der Waals surface area contributed by atoms with E-state index < -0.39 is 10.1 Å². The number of fused-ring (bicyclic) bond motifs is 1. The van der Waals surface area contributed by atoms with Crippen molar-refractivity contribution in [2.75, 3.05) is 0 Å². The van der Waals surface area contributed by atoms with Crippen molar-refractivity contribution in [3.63, 3.8) is 0 Å². The van der Waals surface area contributed by atoms with Crippen LogP contribution in [0.5, 0.6) is 0 Å². The molecule has 0 atom stereocenters. The van der Waals surface area contributed by atoms with Crippen molar-refractivity contribution in [2.45, 2.75) is 38.5 Å². The van der Waals surface area contributed by atoms with Crippen molar-refractivity contribution >= 4 is 10.1 Å². The topological polar surface area (TPSA) is 57.2 Å². The predicted molar refractivity (Wildman–Crippen MR) is 74.6 cm³/mol. The summed E-state index contributed by atoms with van der Waals surface area (Å²) in [6, 6.07) is 7.33. The molecule has 2 rings (SSSR count). The first-order valence-corrected chi connectivity index (χ1v) is 7.62. The molecule has 0 aromatic heterocycles. The molecule has 0 amide bonds. The summed E-state index contributed by atoms with van der Waals surface area (Å²) in [6.07, 6.45) is 0. The largest absolute Gasteiger partial charge is 0.744 e. The van der Waals surface area contributed by atoms with Gasteiger partial charge in [0.05, 0.1) is 4.90 Å². The maximum absolute atomic E-state index is 11.4. The van der Waals surface area contributed by atoms with E-state index in [-0.39, 0.29) is 4.90 Å². The molecule has 2 aliphatic rings. The van der Waals surface area contributed by atoms with E-state index in [0.29, 0.717) is 11.5 Å². The molecule has 0 bridgehead atoms. The van der Waals surface area contributed by atoms with Gasteiger partial charge in [-0.25, -0.2) is 8.42 Å². The average Bonchev–Trinajstić information content (AvgIpc) is 2.50. The maximum Gasteiger partial charge on any atom is 0.125 e. The summed E-state index contributed by atoms with van der Waals surface area (Å²) in [5.74, 6) is 0.344. The molecule has 0 fully saturated rings. The number of aryl methyl sites for hydroxylation is 2. The highest BCUT2D eigenvalue weighted by molar-refractivity contribution is 7.86. The average molecular weight is 277 g/mol. The fourth-order valence-electron chi connectivity index (χ4n) is 2.34. The Bertz CT molecular complexity index is 700. The highest BCUT2D eigenvalue weighted by Crippen LogP contribution is 2.38. The molecule has 4 heteroatoms. The van der Waals surface area contributed by atoms with Crippen LogP contribution in [-0.4, -0.2) is 13.0 Å². The van der Waals surface area contributed by atoms with Gasteiger partial charge in [-0.2, -0.15) is 0 Å². The summed E-state index contributed by atoms with van der Waals surface area (Å²) in [5.41, 5.74) is 4.16. The fourth-order valence-corrected chi connectivity index (χ4v) is 3.19. The van der Waals surface area contributed by atoms with E-state index in [4.69, 9.17) is 0 Å². The van der Waals surface area contributed by atoms with Gasteiger partial charge in [0, 0.05) is 5.56 Å². The third-order valence-corrected chi connectivity index (χ3v) is 4.32. The van der Waals surface area contributed by atoms with Gasteiger partial charge in [-0.15, -0.1) is 0 Å². The van der Waals surface area contributed by atoms with Gasteiger partial charge in [0.15, 0.2) is 0 Å². The van der Waals surface area contributed by atoms with Crippen LogP contribution in [-0.2, 0) is 10.1 Å². The Morgan fingerprint density at radius 2 is 1.68 bits per heavy atom. The van der Waals surface area contributed by atoms with Crippen molar-refractivity contribution in [2.24, 2.45) is 0 Å². The zero-order valence-electron chi connectivity index (χ0n) is 11.5. The standard InChI is InChI=1S/C15H18O3S/c1-9(2)12-6-5-10(3)15-13(8-12)11(4)7-14(15)19(16,17)18/h5-9H,1-4H3,(H,16,17,18)/p-1. The number of hydrogen-bond acceptors (Lipinski definition) is 3. The Balaban J connectivity index is 2.86. The van der Waals surface area contributed by atoms with E-state index in [1.807, 2.05) is 32.0 Å². The molecule has 0 aliphatic heterocycles. The third-order valence-electron chi connectivity index (χ3n) is 3.46. The normalized spacial score (nSPS) is 12.3. The molecule has 0 spiro atoms. The zero-order valence-corrected chi connectivity index (χ0v) is 12.3. The minimum Gasteiger partial charge on any atom is -0.744 e. The van der Waals surface area contributed by atoms with Crippen LogP contribution in [0.25, 0.3) is 11.1 Å². The van der Waals surface area contributed by atoms with Crippen LogP contribution in [0.2, 0.25) is 0 Å². The summed E-state index contributed by atoms with van der Waals surface area (Å²) < 4.78 is 34.1. The summed E-state index contributed by atoms with van der Waals surface area (Å²) >= 11 is 0. The van der Waals surface area contributed by atoms with Crippen molar-refractivity contribution in [1.29, 1.82) is 0 Å². The van der Waals surface area contributed by atoms with E-state index in [2.05, 4.69) is 13.8 Å². The first-order valence-electron chi connectivity index (χ1n) is 6.21. The lowest BCUT2D eigenvalue weighted by molar-refractivity contribution is 0.463. The summed E-state index contributed by atoms with van der Waals surface area (Å²) in [7, 11) is -4.44. The van der Waals surface area contributed by atoms with E-state index in [1.54, 1.807) is 0 Å². The van der Waals surface area contributed by atoms with E-state index in [9.17, 15) is 13.0 Å². The zero-order chi connectivity index (χ0) is 14.4. The Labute approximate surface area is 114 Å². The Morgan fingerprint density at radius 1 is 1.05 bits per heavy atom. The minimum atomic E-state index is -4.44. The summed E-state index contributed by atoms with van der Waals surface area (Å²) in [5, 5.41) is 0. The Hall–Kier alpha value is -1.39. The highest BCUT2D eigenvalue weighted by atomic mass is 32.2. The quantitative estimate of drug-likeness (QED) is 0.790. The van der Waals surface area contributed by atoms with E-state index in [1.165, 1.54) is 6.07 Å². The molecule has 0 aromatic rings. The monoisotopic (exact) mass is 277 g/mol. The Morgan fingerprint density at radius 3 is 2.21 bits per heavy atom. The second kappa shape index (κ2) is 4.62. The lowest BCUT2D eigenvalue weighted by atomic mass is 10.0. The van der Waals surface area contributed by atoms with Crippen LogP contribution in [0.1, 0.15) is 36.5 Å². The second-order valence-corrected chi connectivity index (χ2v) is 6.60.